The van der Waals surface area contributed by atoms with Crippen molar-refractivity contribution in [2.45, 2.75) is 39.5 Å². The van der Waals surface area contributed by atoms with Crippen LogP contribution in [0.4, 0.5) is 18.0 Å². The number of halogens is 3. The van der Waals surface area contributed by atoms with Crippen LogP contribution >= 0.6 is 0 Å². The molecule has 1 aliphatic rings. The highest BCUT2D eigenvalue weighted by Gasteiger charge is 2.44. The van der Waals surface area contributed by atoms with Gasteiger partial charge in [-0.2, -0.15) is 13.2 Å². The summed E-state index contributed by atoms with van der Waals surface area (Å²) in [5, 5.41) is 9.45. The SMILES string of the molecule is CC(C)(C)[C@@H](C(=O)O)N1CCN(Cc2ccccc2C(F)(F)F)C1=O. The lowest BCUT2D eigenvalue weighted by Crippen LogP contribution is -2.51. The van der Waals surface area contributed by atoms with Gasteiger partial charge >= 0.3 is 18.2 Å². The minimum Gasteiger partial charge on any atom is -0.480 e. The van der Waals surface area contributed by atoms with E-state index in [1.54, 1.807) is 20.8 Å². The van der Waals surface area contributed by atoms with Gasteiger partial charge in [0, 0.05) is 19.6 Å². The number of urea groups is 1. The van der Waals surface area contributed by atoms with Crippen molar-refractivity contribution >= 4 is 12.0 Å². The molecule has 8 heteroatoms. The molecule has 1 aromatic carbocycles. The third-order valence-corrected chi connectivity index (χ3v) is 4.18. The van der Waals surface area contributed by atoms with Gasteiger partial charge in [-0.25, -0.2) is 9.59 Å². The summed E-state index contributed by atoms with van der Waals surface area (Å²) >= 11 is 0. The highest BCUT2D eigenvalue weighted by molar-refractivity contribution is 5.84. The molecule has 2 amide bonds. The summed E-state index contributed by atoms with van der Waals surface area (Å²) in [6.45, 7) is 5.27. The Morgan fingerprint density at radius 3 is 2.32 bits per heavy atom. The molecule has 1 atom stereocenters. The summed E-state index contributed by atoms with van der Waals surface area (Å²) in [4.78, 5) is 26.6. The molecular weight excluding hydrogens is 337 g/mol. The lowest BCUT2D eigenvalue weighted by Gasteiger charge is -2.34. The zero-order valence-corrected chi connectivity index (χ0v) is 14.3. The van der Waals surface area contributed by atoms with E-state index >= 15 is 0 Å². The summed E-state index contributed by atoms with van der Waals surface area (Å²) < 4.78 is 39.3. The second kappa shape index (κ2) is 6.57. The summed E-state index contributed by atoms with van der Waals surface area (Å²) in [7, 11) is 0. The van der Waals surface area contributed by atoms with Gasteiger partial charge in [-0.15, -0.1) is 0 Å². The summed E-state index contributed by atoms with van der Waals surface area (Å²) in [6.07, 6.45) is -4.51. The second-order valence-corrected chi connectivity index (χ2v) is 7.16. The first-order valence-electron chi connectivity index (χ1n) is 7.86. The maximum atomic E-state index is 13.1. The Balaban J connectivity index is 2.23. The van der Waals surface area contributed by atoms with Crippen molar-refractivity contribution in [3.8, 4) is 0 Å². The van der Waals surface area contributed by atoms with Gasteiger partial charge in [0.25, 0.3) is 0 Å². The number of nitrogens with zero attached hydrogens (tertiary/aromatic N) is 2. The van der Waals surface area contributed by atoms with E-state index in [9.17, 15) is 27.9 Å². The van der Waals surface area contributed by atoms with Crippen LogP contribution < -0.4 is 0 Å². The first kappa shape index (κ1) is 19.1. The van der Waals surface area contributed by atoms with E-state index in [1.165, 1.54) is 28.0 Å². The first-order valence-corrected chi connectivity index (χ1v) is 7.86. The fourth-order valence-electron chi connectivity index (χ4n) is 3.10. The van der Waals surface area contributed by atoms with Crippen LogP contribution in [0.3, 0.4) is 0 Å². The Kier molecular flexibility index (Phi) is 5.02. The van der Waals surface area contributed by atoms with E-state index in [1.807, 2.05) is 0 Å². The maximum Gasteiger partial charge on any atom is 0.416 e. The van der Waals surface area contributed by atoms with Crippen molar-refractivity contribution in [1.29, 1.82) is 0 Å². The normalized spacial score (nSPS) is 17.1. The number of carboxylic acid groups (broad SMARTS) is 1. The molecule has 1 saturated heterocycles. The number of benzene rings is 1. The minimum absolute atomic E-state index is 0.00664. The van der Waals surface area contributed by atoms with Gasteiger partial charge in [-0.05, 0) is 17.0 Å². The third-order valence-electron chi connectivity index (χ3n) is 4.18. The highest BCUT2D eigenvalue weighted by atomic mass is 19.4. The number of hydrogen-bond donors (Lipinski definition) is 1. The molecule has 5 nitrogen and oxygen atoms in total. The van der Waals surface area contributed by atoms with Crippen LogP contribution in [0.25, 0.3) is 0 Å². The molecule has 0 spiro atoms. The molecule has 0 saturated carbocycles. The molecule has 1 N–H and O–H groups in total. The van der Waals surface area contributed by atoms with Crippen LogP contribution in [-0.4, -0.2) is 46.0 Å². The third kappa shape index (κ3) is 4.05. The van der Waals surface area contributed by atoms with Crippen molar-refractivity contribution in [2.24, 2.45) is 5.41 Å². The zero-order valence-electron chi connectivity index (χ0n) is 14.3. The van der Waals surface area contributed by atoms with Gasteiger partial charge in [0.2, 0.25) is 0 Å². The summed E-state index contributed by atoms with van der Waals surface area (Å²) in [5.74, 6) is -1.13. The minimum atomic E-state index is -4.51. The van der Waals surface area contributed by atoms with Crippen LogP contribution in [-0.2, 0) is 17.5 Å². The fraction of sp³-hybridized carbons (Fsp3) is 0.529. The number of carbonyl (C=O) groups excluding carboxylic acids is 1. The van der Waals surface area contributed by atoms with Crippen molar-refractivity contribution in [3.05, 3.63) is 35.4 Å². The number of carbonyl (C=O) groups is 2. The predicted molar refractivity (Wildman–Crippen MR) is 84.8 cm³/mol. The summed E-state index contributed by atoms with van der Waals surface area (Å²) in [5.41, 5.74) is -1.49. The van der Waals surface area contributed by atoms with Crippen molar-refractivity contribution in [1.82, 2.24) is 9.80 Å². The van der Waals surface area contributed by atoms with Gasteiger partial charge in [0.15, 0.2) is 0 Å². The van der Waals surface area contributed by atoms with Crippen LogP contribution in [0.15, 0.2) is 24.3 Å². The Morgan fingerprint density at radius 2 is 1.80 bits per heavy atom. The molecule has 0 bridgehead atoms. The number of hydrogen-bond acceptors (Lipinski definition) is 2. The van der Waals surface area contributed by atoms with Gasteiger partial charge < -0.3 is 14.9 Å². The molecule has 1 aromatic rings. The van der Waals surface area contributed by atoms with E-state index in [2.05, 4.69) is 0 Å². The standard InChI is InChI=1S/C17H21F3N2O3/c1-16(2,3)13(14(23)24)22-9-8-21(15(22)25)10-11-6-4-5-7-12(11)17(18,19)20/h4-7,13H,8-10H2,1-3H3,(H,23,24)/t13-/m1/s1. The van der Waals surface area contributed by atoms with Gasteiger partial charge in [-0.1, -0.05) is 39.0 Å². The number of rotatable bonds is 4. The molecule has 0 radical (unpaired) electrons. The lowest BCUT2D eigenvalue weighted by atomic mass is 9.86. The molecule has 2 rings (SSSR count). The molecule has 138 valence electrons. The number of carboxylic acids is 1. The largest absolute Gasteiger partial charge is 0.480 e. The molecular formula is C17H21F3N2O3. The van der Waals surface area contributed by atoms with E-state index in [0.29, 0.717) is 0 Å². The smallest absolute Gasteiger partial charge is 0.416 e. The van der Waals surface area contributed by atoms with Crippen molar-refractivity contribution < 1.29 is 27.9 Å². The number of aliphatic carboxylic acids is 1. The van der Waals surface area contributed by atoms with Crippen LogP contribution in [0.5, 0.6) is 0 Å². The zero-order chi connectivity index (χ0) is 19.0. The second-order valence-electron chi connectivity index (χ2n) is 7.16. The van der Waals surface area contributed by atoms with Crippen LogP contribution in [0, 0.1) is 5.41 Å². The van der Waals surface area contributed by atoms with Gasteiger partial charge in [0.05, 0.1) is 5.56 Å². The topological polar surface area (TPSA) is 60.9 Å². The molecule has 0 aromatic heterocycles. The number of amides is 2. The first-order chi connectivity index (χ1) is 11.4. The van der Waals surface area contributed by atoms with Crippen molar-refractivity contribution in [2.75, 3.05) is 13.1 Å². The van der Waals surface area contributed by atoms with Crippen LogP contribution in [0.1, 0.15) is 31.9 Å². The molecule has 0 aliphatic carbocycles. The maximum absolute atomic E-state index is 13.1. The van der Waals surface area contributed by atoms with Crippen molar-refractivity contribution in [3.63, 3.8) is 0 Å². The molecule has 0 unspecified atom stereocenters. The quantitative estimate of drug-likeness (QED) is 0.897. The molecule has 1 fully saturated rings. The Hall–Kier alpha value is -2.25. The number of alkyl halides is 3. The van der Waals surface area contributed by atoms with Gasteiger partial charge in [-0.3, -0.25) is 0 Å². The lowest BCUT2D eigenvalue weighted by molar-refractivity contribution is -0.145. The average Bonchev–Trinajstić information content (AvgIpc) is 2.78. The Labute approximate surface area is 144 Å². The Bertz CT molecular complexity index is 668. The fourth-order valence-corrected chi connectivity index (χ4v) is 3.10. The molecule has 1 aliphatic heterocycles. The molecule has 1 heterocycles. The highest BCUT2D eigenvalue weighted by Crippen LogP contribution is 2.33. The van der Waals surface area contributed by atoms with E-state index in [0.717, 1.165) is 6.07 Å². The van der Waals surface area contributed by atoms with E-state index in [4.69, 9.17) is 0 Å². The van der Waals surface area contributed by atoms with E-state index in [-0.39, 0.29) is 25.2 Å². The van der Waals surface area contributed by atoms with Gasteiger partial charge in [0.1, 0.15) is 6.04 Å². The summed E-state index contributed by atoms with van der Waals surface area (Å²) in [6, 6.07) is 3.49. The van der Waals surface area contributed by atoms with Crippen LogP contribution in [0.2, 0.25) is 0 Å². The van der Waals surface area contributed by atoms with E-state index < -0.39 is 35.2 Å². The Morgan fingerprint density at radius 1 is 1.20 bits per heavy atom. The molecule has 25 heavy (non-hydrogen) atoms. The predicted octanol–water partition coefficient (Wildman–Crippen LogP) is 3.44. The monoisotopic (exact) mass is 358 g/mol. The average molecular weight is 358 g/mol.